The molecular formula is C15H24FN5S. The van der Waals surface area contributed by atoms with Crippen LogP contribution in [0.25, 0.3) is 0 Å². The highest BCUT2D eigenvalue weighted by Gasteiger charge is 2.33. The Balaban J connectivity index is 1.68. The van der Waals surface area contributed by atoms with E-state index < -0.39 is 6.17 Å². The van der Waals surface area contributed by atoms with Crippen molar-refractivity contribution in [2.75, 3.05) is 48.5 Å². The summed E-state index contributed by atoms with van der Waals surface area (Å²) in [4.78, 5) is 12.8. The molecule has 2 fully saturated rings. The summed E-state index contributed by atoms with van der Waals surface area (Å²) in [6.45, 7) is 1.25. The van der Waals surface area contributed by atoms with E-state index in [9.17, 15) is 4.39 Å². The molecule has 0 aliphatic carbocycles. The molecule has 2 saturated heterocycles. The van der Waals surface area contributed by atoms with Gasteiger partial charge in [-0.05, 0) is 18.2 Å². The molecule has 5 nitrogen and oxygen atoms in total. The Kier molecular flexibility index (Phi) is 5.03. The standard InChI is InChI=1S/C15H24FN5S/c1-20(2)15-17-5-3-14(19-15)21-9-11(16)7-13(21)8-18-12-4-6-22-10-12/h3,5,11-13,18H,4,6-10H2,1-2H3/t11-,12+,13-/m0/s1. The van der Waals surface area contributed by atoms with Gasteiger partial charge in [-0.25, -0.2) is 9.37 Å². The second-order valence-electron chi connectivity index (χ2n) is 6.22. The highest BCUT2D eigenvalue weighted by atomic mass is 32.2. The molecule has 0 unspecified atom stereocenters. The predicted molar refractivity (Wildman–Crippen MR) is 90.7 cm³/mol. The van der Waals surface area contributed by atoms with E-state index in [0.717, 1.165) is 12.4 Å². The number of nitrogens with one attached hydrogen (secondary N) is 1. The van der Waals surface area contributed by atoms with Crippen LogP contribution in [0.1, 0.15) is 12.8 Å². The third-order valence-corrected chi connectivity index (χ3v) is 5.42. The maximum absolute atomic E-state index is 13.9. The molecule has 3 atom stereocenters. The normalized spacial score (nSPS) is 28.3. The third kappa shape index (κ3) is 3.63. The van der Waals surface area contributed by atoms with E-state index in [1.165, 1.54) is 17.9 Å². The molecule has 0 saturated carbocycles. The number of anilines is 2. The van der Waals surface area contributed by atoms with E-state index in [0.29, 0.717) is 25.0 Å². The van der Waals surface area contributed by atoms with E-state index >= 15 is 0 Å². The van der Waals surface area contributed by atoms with Crippen molar-refractivity contribution in [2.24, 2.45) is 0 Å². The Hall–Kier alpha value is -1.08. The minimum absolute atomic E-state index is 0.172. The summed E-state index contributed by atoms with van der Waals surface area (Å²) >= 11 is 1.99. The Morgan fingerprint density at radius 3 is 3.09 bits per heavy atom. The summed E-state index contributed by atoms with van der Waals surface area (Å²) in [6.07, 6.45) is 2.77. The number of nitrogens with zero attached hydrogens (tertiary/aromatic N) is 4. The van der Waals surface area contributed by atoms with E-state index in [1.807, 2.05) is 36.8 Å². The van der Waals surface area contributed by atoms with E-state index in [1.54, 1.807) is 6.20 Å². The molecule has 1 aromatic heterocycles. The van der Waals surface area contributed by atoms with Crippen molar-refractivity contribution in [3.05, 3.63) is 12.3 Å². The van der Waals surface area contributed by atoms with E-state index in [2.05, 4.69) is 20.2 Å². The topological polar surface area (TPSA) is 44.3 Å². The molecule has 7 heteroatoms. The van der Waals surface area contributed by atoms with Crippen LogP contribution in [0.4, 0.5) is 16.2 Å². The van der Waals surface area contributed by atoms with Crippen molar-refractivity contribution in [3.63, 3.8) is 0 Å². The maximum Gasteiger partial charge on any atom is 0.226 e. The number of hydrogen-bond donors (Lipinski definition) is 1. The molecule has 3 heterocycles. The highest BCUT2D eigenvalue weighted by molar-refractivity contribution is 7.99. The second kappa shape index (κ2) is 7.00. The predicted octanol–water partition coefficient (Wildman–Crippen LogP) is 1.55. The van der Waals surface area contributed by atoms with Crippen LogP contribution in [0, 0.1) is 0 Å². The van der Waals surface area contributed by atoms with Crippen LogP contribution in [0.5, 0.6) is 0 Å². The molecule has 1 aromatic rings. The van der Waals surface area contributed by atoms with Gasteiger partial charge in [-0.3, -0.25) is 0 Å². The van der Waals surface area contributed by atoms with Crippen molar-refractivity contribution in [1.29, 1.82) is 0 Å². The molecule has 3 rings (SSSR count). The first-order valence-corrected chi connectivity index (χ1v) is 9.01. The number of aromatic nitrogens is 2. The van der Waals surface area contributed by atoms with Gasteiger partial charge in [0.1, 0.15) is 12.0 Å². The zero-order chi connectivity index (χ0) is 15.5. The Labute approximate surface area is 135 Å². The van der Waals surface area contributed by atoms with Gasteiger partial charge in [0, 0.05) is 51.1 Å². The Morgan fingerprint density at radius 2 is 2.36 bits per heavy atom. The molecule has 122 valence electrons. The van der Waals surface area contributed by atoms with Gasteiger partial charge in [-0.2, -0.15) is 16.7 Å². The number of alkyl halides is 1. The number of thioether (sulfide) groups is 1. The van der Waals surface area contributed by atoms with Gasteiger partial charge in [0.2, 0.25) is 5.95 Å². The lowest BCUT2D eigenvalue weighted by Crippen LogP contribution is -2.42. The van der Waals surface area contributed by atoms with Crippen LogP contribution >= 0.6 is 11.8 Å². The van der Waals surface area contributed by atoms with Gasteiger partial charge in [-0.15, -0.1) is 0 Å². The lowest BCUT2D eigenvalue weighted by Gasteiger charge is -2.27. The lowest BCUT2D eigenvalue weighted by molar-refractivity contribution is 0.353. The van der Waals surface area contributed by atoms with Gasteiger partial charge >= 0.3 is 0 Å². The first-order chi connectivity index (χ1) is 10.6. The number of hydrogen-bond acceptors (Lipinski definition) is 6. The van der Waals surface area contributed by atoms with Crippen molar-refractivity contribution < 1.29 is 4.39 Å². The minimum Gasteiger partial charge on any atom is -0.349 e. The fraction of sp³-hybridized carbons (Fsp3) is 0.733. The number of halogens is 1. The second-order valence-corrected chi connectivity index (χ2v) is 7.37. The zero-order valence-electron chi connectivity index (χ0n) is 13.2. The van der Waals surface area contributed by atoms with Gasteiger partial charge in [0.05, 0.1) is 6.54 Å². The minimum atomic E-state index is -0.775. The van der Waals surface area contributed by atoms with E-state index in [4.69, 9.17) is 0 Å². The smallest absolute Gasteiger partial charge is 0.226 e. The van der Waals surface area contributed by atoms with Crippen molar-refractivity contribution in [1.82, 2.24) is 15.3 Å². The zero-order valence-corrected chi connectivity index (χ0v) is 14.0. The largest absolute Gasteiger partial charge is 0.349 e. The van der Waals surface area contributed by atoms with Crippen LogP contribution < -0.4 is 15.1 Å². The Bertz CT molecular complexity index is 495. The van der Waals surface area contributed by atoms with Crippen molar-refractivity contribution in [2.45, 2.75) is 31.1 Å². The van der Waals surface area contributed by atoms with Gasteiger partial charge in [-0.1, -0.05) is 0 Å². The molecule has 0 aromatic carbocycles. The summed E-state index contributed by atoms with van der Waals surface area (Å²) in [6, 6.07) is 2.63. The quantitative estimate of drug-likeness (QED) is 0.886. The average molecular weight is 325 g/mol. The summed E-state index contributed by atoms with van der Waals surface area (Å²) in [7, 11) is 3.83. The van der Waals surface area contributed by atoms with Gasteiger partial charge in [0.15, 0.2) is 0 Å². The maximum atomic E-state index is 13.9. The van der Waals surface area contributed by atoms with Crippen molar-refractivity contribution >= 4 is 23.5 Å². The third-order valence-electron chi connectivity index (χ3n) is 4.26. The summed E-state index contributed by atoms with van der Waals surface area (Å²) in [5.41, 5.74) is 0. The molecule has 1 N–H and O–H groups in total. The fourth-order valence-corrected chi connectivity index (χ4v) is 4.23. The molecular weight excluding hydrogens is 301 g/mol. The molecule has 2 aliphatic rings. The lowest BCUT2D eigenvalue weighted by atomic mass is 10.2. The summed E-state index contributed by atoms with van der Waals surface area (Å²) in [5, 5.41) is 3.60. The van der Waals surface area contributed by atoms with Crippen LogP contribution in [-0.4, -0.2) is 66.9 Å². The Morgan fingerprint density at radius 1 is 1.50 bits per heavy atom. The molecule has 0 bridgehead atoms. The first kappa shape index (κ1) is 15.8. The van der Waals surface area contributed by atoms with Crippen LogP contribution in [-0.2, 0) is 0 Å². The molecule has 0 amide bonds. The van der Waals surface area contributed by atoms with Crippen LogP contribution in [0.3, 0.4) is 0 Å². The van der Waals surface area contributed by atoms with Gasteiger partial charge < -0.3 is 15.1 Å². The van der Waals surface area contributed by atoms with Crippen LogP contribution in [0.15, 0.2) is 12.3 Å². The van der Waals surface area contributed by atoms with Crippen LogP contribution in [0.2, 0.25) is 0 Å². The van der Waals surface area contributed by atoms with E-state index in [-0.39, 0.29) is 6.04 Å². The van der Waals surface area contributed by atoms with Crippen molar-refractivity contribution in [3.8, 4) is 0 Å². The molecule has 22 heavy (non-hydrogen) atoms. The number of rotatable bonds is 5. The first-order valence-electron chi connectivity index (χ1n) is 7.85. The fourth-order valence-electron chi connectivity index (χ4n) is 3.05. The molecule has 0 spiro atoms. The highest BCUT2D eigenvalue weighted by Crippen LogP contribution is 2.27. The molecule has 0 radical (unpaired) electrons. The monoisotopic (exact) mass is 325 g/mol. The SMILES string of the molecule is CN(C)c1nccc(N2C[C@@H](F)C[C@H]2CN[C@@H]2CCSC2)n1. The summed E-state index contributed by atoms with van der Waals surface area (Å²) < 4.78 is 13.9. The summed E-state index contributed by atoms with van der Waals surface area (Å²) in [5.74, 6) is 3.89. The van der Waals surface area contributed by atoms with Gasteiger partial charge in [0.25, 0.3) is 0 Å². The molecule has 2 aliphatic heterocycles. The average Bonchev–Trinajstić information content (AvgIpc) is 3.14.